The Balaban J connectivity index is 1.36. The fourth-order valence-electron chi connectivity index (χ4n) is 5.12. The highest BCUT2D eigenvalue weighted by Crippen LogP contribution is 2.42. The van der Waals surface area contributed by atoms with Gasteiger partial charge in [0, 0.05) is 22.9 Å². The Morgan fingerprint density at radius 1 is 0.946 bits per heavy atom. The quantitative estimate of drug-likeness (QED) is 0.330. The molecule has 0 spiro atoms. The van der Waals surface area contributed by atoms with Gasteiger partial charge in [-0.05, 0) is 73.9 Å². The van der Waals surface area contributed by atoms with Crippen molar-refractivity contribution < 1.29 is 9.59 Å². The van der Waals surface area contributed by atoms with Crippen molar-refractivity contribution in [3.63, 3.8) is 0 Å². The molecule has 7 heteroatoms. The molecule has 0 radical (unpaired) electrons. The Bertz CT molecular complexity index is 1470. The molecule has 3 aromatic carbocycles. The van der Waals surface area contributed by atoms with E-state index in [4.69, 9.17) is 11.6 Å². The molecule has 1 N–H and O–H groups in total. The SMILES string of the molecule is Cc1cccc(C2c3cccn3-c3ccccc3N2C(=O)CN(C(=O)Nc2ccc(Cl)cc2)C2CC2)c1. The molecule has 1 aromatic heterocycles. The standard InChI is InChI=1S/C30H27ClN4O2/c1-20-6-4-7-21(18-20)29-27-10-5-17-33(27)25-8-2-3-9-26(25)35(29)28(36)19-34(24-15-16-24)30(37)32-23-13-11-22(31)12-14-23/h2-14,17-18,24,29H,15-16,19H2,1H3,(H,32,37). The number of halogens is 1. The van der Waals surface area contributed by atoms with Crippen molar-refractivity contribution in [3.05, 3.63) is 113 Å². The van der Waals surface area contributed by atoms with Crippen molar-refractivity contribution in [3.8, 4) is 5.69 Å². The number of benzene rings is 3. The van der Waals surface area contributed by atoms with E-state index in [0.717, 1.165) is 41.0 Å². The maximum Gasteiger partial charge on any atom is 0.322 e. The van der Waals surface area contributed by atoms with E-state index in [2.05, 4.69) is 41.1 Å². The van der Waals surface area contributed by atoms with Crippen LogP contribution >= 0.6 is 11.6 Å². The molecule has 0 bridgehead atoms. The molecule has 6 nitrogen and oxygen atoms in total. The summed E-state index contributed by atoms with van der Waals surface area (Å²) in [6.45, 7) is 2.04. The molecule has 2 aliphatic rings. The number of carbonyl (C=O) groups excluding carboxylic acids is 2. The van der Waals surface area contributed by atoms with Crippen LogP contribution in [-0.4, -0.2) is 34.0 Å². The fraction of sp³-hybridized carbons (Fsp3) is 0.200. The number of nitrogens with zero attached hydrogens (tertiary/aromatic N) is 3. The first-order valence-electron chi connectivity index (χ1n) is 12.5. The van der Waals surface area contributed by atoms with Crippen LogP contribution in [0.15, 0.2) is 91.1 Å². The van der Waals surface area contributed by atoms with Gasteiger partial charge < -0.3 is 14.8 Å². The molecular weight excluding hydrogens is 484 g/mol. The number of urea groups is 1. The minimum absolute atomic E-state index is 0.0125. The fourth-order valence-corrected chi connectivity index (χ4v) is 5.25. The number of para-hydroxylation sites is 2. The lowest BCUT2D eigenvalue weighted by Gasteiger charge is -2.39. The van der Waals surface area contributed by atoms with E-state index in [0.29, 0.717) is 10.7 Å². The summed E-state index contributed by atoms with van der Waals surface area (Å²) in [7, 11) is 0. The molecule has 6 rings (SSSR count). The van der Waals surface area contributed by atoms with E-state index >= 15 is 0 Å². The molecular formula is C30H27ClN4O2. The van der Waals surface area contributed by atoms with Crippen LogP contribution in [0, 0.1) is 6.92 Å². The highest BCUT2D eigenvalue weighted by atomic mass is 35.5. The number of hydrogen-bond donors (Lipinski definition) is 1. The number of anilines is 2. The number of aromatic nitrogens is 1. The van der Waals surface area contributed by atoms with Gasteiger partial charge in [0.25, 0.3) is 0 Å². The van der Waals surface area contributed by atoms with Gasteiger partial charge in [-0.3, -0.25) is 9.69 Å². The van der Waals surface area contributed by atoms with Crippen LogP contribution in [0.2, 0.25) is 5.02 Å². The van der Waals surface area contributed by atoms with Gasteiger partial charge >= 0.3 is 6.03 Å². The summed E-state index contributed by atoms with van der Waals surface area (Å²) in [6.07, 6.45) is 3.82. The van der Waals surface area contributed by atoms with E-state index in [1.807, 2.05) is 47.5 Å². The van der Waals surface area contributed by atoms with Crippen LogP contribution in [0.4, 0.5) is 16.2 Å². The lowest BCUT2D eigenvalue weighted by atomic mass is 9.96. The van der Waals surface area contributed by atoms with Crippen molar-refractivity contribution in [1.82, 2.24) is 9.47 Å². The van der Waals surface area contributed by atoms with Gasteiger partial charge in [0.15, 0.2) is 0 Å². The van der Waals surface area contributed by atoms with Crippen LogP contribution in [0.5, 0.6) is 0 Å². The Labute approximate surface area is 221 Å². The molecule has 1 aliphatic heterocycles. The van der Waals surface area contributed by atoms with E-state index in [-0.39, 0.29) is 30.6 Å². The molecule has 4 aromatic rings. The maximum absolute atomic E-state index is 14.2. The minimum Gasteiger partial charge on any atom is -0.316 e. The summed E-state index contributed by atoms with van der Waals surface area (Å²) in [5, 5.41) is 3.53. The predicted molar refractivity (Wildman–Crippen MR) is 146 cm³/mol. The number of hydrogen-bond acceptors (Lipinski definition) is 2. The largest absolute Gasteiger partial charge is 0.322 e. The summed E-state index contributed by atoms with van der Waals surface area (Å²) in [6, 6.07) is 26.7. The average molecular weight is 511 g/mol. The highest BCUT2D eigenvalue weighted by molar-refractivity contribution is 6.30. The number of nitrogens with one attached hydrogen (secondary N) is 1. The number of amides is 3. The van der Waals surface area contributed by atoms with Crippen molar-refractivity contribution in [2.24, 2.45) is 0 Å². The summed E-state index contributed by atoms with van der Waals surface area (Å²) in [4.78, 5) is 31.0. The lowest BCUT2D eigenvalue weighted by Crippen LogP contribution is -2.48. The zero-order valence-corrected chi connectivity index (χ0v) is 21.2. The number of carbonyl (C=O) groups is 2. The molecule has 2 heterocycles. The zero-order valence-electron chi connectivity index (χ0n) is 20.5. The minimum atomic E-state index is -0.308. The average Bonchev–Trinajstić information content (AvgIpc) is 3.62. The third kappa shape index (κ3) is 4.49. The molecule has 0 saturated heterocycles. The van der Waals surface area contributed by atoms with E-state index < -0.39 is 0 Å². The smallest absolute Gasteiger partial charge is 0.316 e. The van der Waals surface area contributed by atoms with Crippen LogP contribution < -0.4 is 10.2 Å². The van der Waals surface area contributed by atoms with E-state index in [1.165, 1.54) is 0 Å². The third-order valence-electron chi connectivity index (χ3n) is 7.00. The zero-order chi connectivity index (χ0) is 25.5. The number of rotatable bonds is 5. The maximum atomic E-state index is 14.2. The van der Waals surface area contributed by atoms with Gasteiger partial charge in [-0.25, -0.2) is 4.79 Å². The van der Waals surface area contributed by atoms with Crippen LogP contribution in [0.25, 0.3) is 5.69 Å². The van der Waals surface area contributed by atoms with Gasteiger partial charge in [-0.15, -0.1) is 0 Å². The van der Waals surface area contributed by atoms with Gasteiger partial charge in [-0.1, -0.05) is 53.6 Å². The summed E-state index contributed by atoms with van der Waals surface area (Å²) >= 11 is 5.99. The summed E-state index contributed by atoms with van der Waals surface area (Å²) < 4.78 is 2.15. The highest BCUT2D eigenvalue weighted by Gasteiger charge is 2.40. The molecule has 1 unspecified atom stereocenters. The van der Waals surface area contributed by atoms with Gasteiger partial charge in [0.05, 0.1) is 17.1 Å². The van der Waals surface area contributed by atoms with Crippen molar-refractivity contribution in [1.29, 1.82) is 0 Å². The second kappa shape index (κ2) is 9.45. The number of fused-ring (bicyclic) bond motifs is 3. The third-order valence-corrected chi connectivity index (χ3v) is 7.25. The van der Waals surface area contributed by atoms with Crippen molar-refractivity contribution in [2.45, 2.75) is 31.8 Å². The van der Waals surface area contributed by atoms with Gasteiger partial charge in [-0.2, -0.15) is 0 Å². The van der Waals surface area contributed by atoms with Crippen molar-refractivity contribution >= 4 is 34.9 Å². The molecule has 1 aliphatic carbocycles. The Hall–Kier alpha value is -4.03. The lowest BCUT2D eigenvalue weighted by molar-refractivity contribution is -0.119. The van der Waals surface area contributed by atoms with Gasteiger partial charge in [0.2, 0.25) is 5.91 Å². The van der Waals surface area contributed by atoms with Crippen LogP contribution in [0.3, 0.4) is 0 Å². The first kappa shape index (κ1) is 23.4. The van der Waals surface area contributed by atoms with Crippen LogP contribution in [-0.2, 0) is 4.79 Å². The topological polar surface area (TPSA) is 57.6 Å². The predicted octanol–water partition coefficient (Wildman–Crippen LogP) is 6.57. The van der Waals surface area contributed by atoms with E-state index in [1.54, 1.807) is 29.2 Å². The molecule has 3 amide bonds. The molecule has 1 fully saturated rings. The molecule has 1 atom stereocenters. The first-order chi connectivity index (χ1) is 18.0. The molecule has 37 heavy (non-hydrogen) atoms. The Morgan fingerprint density at radius 3 is 2.43 bits per heavy atom. The summed E-state index contributed by atoms with van der Waals surface area (Å²) in [5.41, 5.74) is 5.60. The normalized spacial score (nSPS) is 16.1. The molecule has 186 valence electrons. The monoisotopic (exact) mass is 510 g/mol. The van der Waals surface area contributed by atoms with Crippen LogP contribution in [0.1, 0.15) is 35.7 Å². The second-order valence-electron chi connectivity index (χ2n) is 9.67. The van der Waals surface area contributed by atoms with Gasteiger partial charge in [0.1, 0.15) is 12.6 Å². The van der Waals surface area contributed by atoms with Crippen molar-refractivity contribution in [2.75, 3.05) is 16.8 Å². The summed E-state index contributed by atoms with van der Waals surface area (Å²) in [5.74, 6) is -0.121. The first-order valence-corrected chi connectivity index (χ1v) is 12.9. The number of aryl methyl sites for hydroxylation is 1. The second-order valence-corrected chi connectivity index (χ2v) is 10.1. The van der Waals surface area contributed by atoms with E-state index in [9.17, 15) is 9.59 Å². The Morgan fingerprint density at radius 2 is 1.70 bits per heavy atom. The molecule has 1 saturated carbocycles. The Kier molecular flexibility index (Phi) is 5.97.